The van der Waals surface area contributed by atoms with Crippen LogP contribution in [0.2, 0.25) is 0 Å². The second-order valence-electron chi connectivity index (χ2n) is 14.1. The summed E-state index contributed by atoms with van der Waals surface area (Å²) in [5, 5.41) is 10.2. The second kappa shape index (κ2) is 10.5. The van der Waals surface area contributed by atoms with Gasteiger partial charge in [0.2, 0.25) is 0 Å². The Labute approximate surface area is 286 Å². The Hall–Kier alpha value is -5.98. The molecule has 0 N–H and O–H groups in total. The summed E-state index contributed by atoms with van der Waals surface area (Å²) >= 11 is 0. The monoisotopic (exact) mass is 622 g/mol. The van der Waals surface area contributed by atoms with Crippen LogP contribution in [0.4, 0.5) is 0 Å². The van der Waals surface area contributed by atoms with Gasteiger partial charge in [-0.25, -0.2) is 0 Å². The zero-order valence-electron chi connectivity index (χ0n) is 27.7. The molecule has 0 atom stereocenters. The smallest absolute Gasteiger partial charge is 0.0159 e. The normalized spacial score (nSPS) is 13.3. The van der Waals surface area contributed by atoms with E-state index in [0.29, 0.717) is 0 Å². The third-order valence-corrected chi connectivity index (χ3v) is 11.0. The second-order valence-corrected chi connectivity index (χ2v) is 14.1. The van der Waals surface area contributed by atoms with Crippen LogP contribution in [0.1, 0.15) is 25.0 Å². The van der Waals surface area contributed by atoms with Crippen LogP contribution in [0.3, 0.4) is 0 Å². The Morgan fingerprint density at radius 2 is 0.776 bits per heavy atom. The first-order chi connectivity index (χ1) is 24.0. The Kier molecular flexibility index (Phi) is 6.02. The van der Waals surface area contributed by atoms with Crippen LogP contribution in [0.15, 0.2) is 170 Å². The van der Waals surface area contributed by atoms with Gasteiger partial charge in [-0.1, -0.05) is 159 Å². The lowest BCUT2D eigenvalue weighted by atomic mass is 9.80. The fraction of sp³-hybridized carbons (Fsp3) is 0.0612. The highest BCUT2D eigenvalue weighted by molar-refractivity contribution is 6.22. The molecule has 1 aliphatic rings. The number of rotatable bonds is 3. The van der Waals surface area contributed by atoms with E-state index in [1.54, 1.807) is 0 Å². The molecule has 0 aliphatic heterocycles. The highest BCUT2D eigenvalue weighted by Gasteiger charge is 2.35. The van der Waals surface area contributed by atoms with E-state index in [1.807, 2.05) is 0 Å². The highest BCUT2D eigenvalue weighted by Crippen LogP contribution is 2.51. The van der Waals surface area contributed by atoms with Gasteiger partial charge in [0, 0.05) is 5.41 Å². The molecule has 1 aliphatic carbocycles. The summed E-state index contributed by atoms with van der Waals surface area (Å²) in [5.74, 6) is 0. The predicted octanol–water partition coefficient (Wildman–Crippen LogP) is 13.6. The molecule has 9 aromatic carbocycles. The molecule has 0 radical (unpaired) electrons. The minimum Gasteiger partial charge on any atom is -0.0619 e. The van der Waals surface area contributed by atoms with Crippen LogP contribution in [0.25, 0.3) is 87.6 Å². The average molecular weight is 623 g/mol. The summed E-state index contributed by atoms with van der Waals surface area (Å²) < 4.78 is 0. The topological polar surface area (TPSA) is 0 Å². The van der Waals surface area contributed by atoms with Crippen molar-refractivity contribution in [3.63, 3.8) is 0 Å². The minimum absolute atomic E-state index is 0.0676. The van der Waals surface area contributed by atoms with Gasteiger partial charge in [-0.2, -0.15) is 0 Å². The van der Waals surface area contributed by atoms with Gasteiger partial charge in [0.1, 0.15) is 0 Å². The van der Waals surface area contributed by atoms with E-state index in [-0.39, 0.29) is 5.41 Å². The number of benzene rings is 9. The van der Waals surface area contributed by atoms with Crippen molar-refractivity contribution in [3.05, 3.63) is 181 Å². The van der Waals surface area contributed by atoms with E-state index in [4.69, 9.17) is 0 Å². The molecular weight excluding hydrogens is 589 g/mol. The molecule has 10 rings (SSSR count). The summed E-state index contributed by atoms with van der Waals surface area (Å²) in [5.41, 5.74) is 13.0. The maximum absolute atomic E-state index is 2.48. The zero-order chi connectivity index (χ0) is 32.7. The maximum atomic E-state index is 2.48. The van der Waals surface area contributed by atoms with E-state index in [2.05, 4.69) is 184 Å². The first-order valence-electron chi connectivity index (χ1n) is 17.3. The highest BCUT2D eigenvalue weighted by atomic mass is 14.4. The molecule has 0 unspecified atom stereocenters. The van der Waals surface area contributed by atoms with Crippen LogP contribution in [-0.2, 0) is 5.41 Å². The van der Waals surface area contributed by atoms with Crippen LogP contribution >= 0.6 is 0 Å². The van der Waals surface area contributed by atoms with Crippen molar-refractivity contribution in [2.75, 3.05) is 0 Å². The van der Waals surface area contributed by atoms with E-state index in [1.165, 1.54) is 98.7 Å². The summed E-state index contributed by atoms with van der Waals surface area (Å²) in [6.45, 7) is 4.74. The first kappa shape index (κ1) is 28.1. The van der Waals surface area contributed by atoms with Crippen molar-refractivity contribution in [2.45, 2.75) is 19.3 Å². The lowest BCUT2D eigenvalue weighted by Gasteiger charge is -2.23. The Balaban J connectivity index is 1.29. The van der Waals surface area contributed by atoms with Crippen molar-refractivity contribution in [1.82, 2.24) is 0 Å². The summed E-state index contributed by atoms with van der Waals surface area (Å²) in [6.07, 6.45) is 0. The molecule has 0 amide bonds. The van der Waals surface area contributed by atoms with Crippen LogP contribution in [0, 0.1) is 0 Å². The van der Waals surface area contributed by atoms with Crippen molar-refractivity contribution in [2.24, 2.45) is 0 Å². The fourth-order valence-electron chi connectivity index (χ4n) is 8.55. The first-order valence-corrected chi connectivity index (χ1v) is 17.3. The molecule has 230 valence electrons. The molecule has 9 aromatic rings. The molecule has 0 aromatic heterocycles. The van der Waals surface area contributed by atoms with Gasteiger partial charge in [-0.3, -0.25) is 0 Å². The van der Waals surface area contributed by atoms with Crippen LogP contribution in [-0.4, -0.2) is 0 Å². The van der Waals surface area contributed by atoms with E-state index < -0.39 is 0 Å². The quantitative estimate of drug-likeness (QED) is 0.172. The molecule has 0 saturated carbocycles. The van der Waals surface area contributed by atoms with Gasteiger partial charge in [-0.05, 0) is 123 Å². The third kappa shape index (κ3) is 4.24. The molecule has 0 spiro atoms. The minimum atomic E-state index is -0.0676. The molecule has 0 heteroatoms. The van der Waals surface area contributed by atoms with Crippen LogP contribution in [0.5, 0.6) is 0 Å². The largest absolute Gasteiger partial charge is 0.0619 e. The van der Waals surface area contributed by atoms with Crippen molar-refractivity contribution in [3.8, 4) is 44.5 Å². The van der Waals surface area contributed by atoms with Gasteiger partial charge < -0.3 is 0 Å². The molecule has 49 heavy (non-hydrogen) atoms. The SMILES string of the molecule is CC1(C)c2ccccc2-c2ccc(-c3c4ccccc4c(-c4ccc5ccccc5c4)c4cc(-c5ccc6ccccc6c5)ccc34)cc21. The van der Waals surface area contributed by atoms with Crippen molar-refractivity contribution in [1.29, 1.82) is 0 Å². The van der Waals surface area contributed by atoms with Gasteiger partial charge in [-0.15, -0.1) is 0 Å². The van der Waals surface area contributed by atoms with E-state index in [0.717, 1.165) is 0 Å². The van der Waals surface area contributed by atoms with Gasteiger partial charge in [0.25, 0.3) is 0 Å². The number of hydrogen-bond acceptors (Lipinski definition) is 0. The van der Waals surface area contributed by atoms with E-state index in [9.17, 15) is 0 Å². The summed E-state index contributed by atoms with van der Waals surface area (Å²) in [6, 6.07) is 63.3. The van der Waals surface area contributed by atoms with Gasteiger partial charge in [0.15, 0.2) is 0 Å². The molecule has 0 saturated heterocycles. The fourth-order valence-corrected chi connectivity index (χ4v) is 8.55. The standard InChI is InChI=1S/C49H34/c1-49(2)45-18-10-9-15-39(45)40-25-24-38(30-46(40)49)47-41-16-7-8-17-42(41)48(37-22-20-32-12-4-6-14-34(32)28-37)44-29-36(23-26-43(44)47)35-21-19-31-11-3-5-13-33(31)27-35/h3-30H,1-2H3. The lowest BCUT2D eigenvalue weighted by molar-refractivity contribution is 0.660. The summed E-state index contributed by atoms with van der Waals surface area (Å²) in [7, 11) is 0. The Bertz CT molecular complexity index is 2800. The summed E-state index contributed by atoms with van der Waals surface area (Å²) in [4.78, 5) is 0. The van der Waals surface area contributed by atoms with Crippen molar-refractivity contribution >= 4 is 43.1 Å². The van der Waals surface area contributed by atoms with Gasteiger partial charge in [0.05, 0.1) is 0 Å². The molecular formula is C49H34. The van der Waals surface area contributed by atoms with Crippen LogP contribution < -0.4 is 0 Å². The van der Waals surface area contributed by atoms with Crippen molar-refractivity contribution < 1.29 is 0 Å². The Morgan fingerprint density at radius 3 is 1.51 bits per heavy atom. The van der Waals surface area contributed by atoms with E-state index >= 15 is 0 Å². The van der Waals surface area contributed by atoms with Gasteiger partial charge >= 0.3 is 0 Å². The molecule has 0 heterocycles. The predicted molar refractivity (Wildman–Crippen MR) is 210 cm³/mol. The number of fused-ring (bicyclic) bond motifs is 7. The zero-order valence-corrected chi connectivity index (χ0v) is 27.7. The molecule has 0 fully saturated rings. The average Bonchev–Trinajstić information content (AvgIpc) is 3.38. The number of hydrogen-bond donors (Lipinski definition) is 0. The third-order valence-electron chi connectivity index (χ3n) is 11.0. The lowest BCUT2D eigenvalue weighted by Crippen LogP contribution is -2.14. The maximum Gasteiger partial charge on any atom is 0.0159 e. The molecule has 0 bridgehead atoms. The molecule has 0 nitrogen and oxygen atoms in total. The Morgan fingerprint density at radius 1 is 0.306 bits per heavy atom.